The monoisotopic (exact) mass is 189 g/mol. The highest BCUT2D eigenvalue weighted by atomic mass is 35.7. The smallest absolute Gasteiger partial charge is 0.174 e. The molecule has 33 valence electrons. The second-order valence-electron chi connectivity index (χ2n) is 0.574. The highest BCUT2D eigenvalue weighted by molar-refractivity contribution is 7.78. The van der Waals surface area contributed by atoms with Gasteiger partial charge in [-0.05, 0) is 0 Å². The van der Waals surface area contributed by atoms with Crippen molar-refractivity contribution in [2.45, 2.75) is 0 Å². The van der Waals surface area contributed by atoms with Crippen molar-refractivity contribution >= 4 is 57.1 Å². The van der Waals surface area contributed by atoms with Gasteiger partial charge in [0.25, 0.3) is 6.93 Å². The van der Waals surface area contributed by atoms with Crippen LogP contribution in [0.15, 0.2) is 0 Å². The normalized spacial score (nSPS) is 11.0. The van der Waals surface area contributed by atoms with Crippen LogP contribution in [0.1, 0.15) is 0 Å². The Morgan fingerprint density at radius 1 is 1.17 bits per heavy atom. The quantitative estimate of drug-likeness (QED) is 0.426. The summed E-state index contributed by atoms with van der Waals surface area (Å²) in [6.45, 7) is -1.23. The van der Waals surface area contributed by atoms with Gasteiger partial charge in [-0.25, -0.2) is 0 Å². The lowest BCUT2D eigenvalue weighted by Gasteiger charge is -1.90. The highest BCUT2D eigenvalue weighted by Gasteiger charge is 2.12. The standard InChI is InChI=1S/Cl3Si3/c1-5(2)6(3)4. The third kappa shape index (κ3) is 3.70. The molecule has 0 unspecified atom stereocenters. The van der Waals surface area contributed by atoms with Crippen molar-refractivity contribution in [3.8, 4) is 0 Å². The Bertz CT molecular complexity index is 27.0. The van der Waals surface area contributed by atoms with Crippen molar-refractivity contribution in [1.29, 1.82) is 0 Å². The summed E-state index contributed by atoms with van der Waals surface area (Å²) in [6, 6.07) is 0. The summed E-state index contributed by atoms with van der Waals surface area (Å²) in [5.41, 5.74) is 0. The first-order chi connectivity index (χ1) is 2.64. The van der Waals surface area contributed by atoms with Crippen LogP contribution in [0.3, 0.4) is 0 Å². The maximum absolute atomic E-state index is 5.41. The van der Waals surface area contributed by atoms with Crippen LogP contribution in [0, 0.1) is 0 Å². The Labute approximate surface area is 57.1 Å². The number of hydrogen-bond acceptors (Lipinski definition) is 0. The van der Waals surface area contributed by atoms with Crippen molar-refractivity contribution in [3.63, 3.8) is 0 Å². The molecule has 0 aromatic heterocycles. The van der Waals surface area contributed by atoms with E-state index in [1.807, 2.05) is 0 Å². The Kier molecular flexibility index (Phi) is 4.40. The van der Waals surface area contributed by atoms with E-state index in [9.17, 15) is 0 Å². The largest absolute Gasteiger partial charge is 0.272 e. The molecule has 0 spiro atoms. The molecule has 0 nitrogen and oxygen atoms in total. The second kappa shape index (κ2) is 3.51. The molecule has 0 aromatic carbocycles. The lowest BCUT2D eigenvalue weighted by Crippen LogP contribution is -2.18. The molecule has 0 saturated heterocycles. The summed E-state index contributed by atoms with van der Waals surface area (Å²) in [5.74, 6) is 0. The predicted molar refractivity (Wildman–Crippen MR) is 34.8 cm³/mol. The summed E-state index contributed by atoms with van der Waals surface area (Å²) in [6.07, 6.45) is 0. The molecule has 0 fully saturated rings. The van der Waals surface area contributed by atoms with Gasteiger partial charge in [0.1, 0.15) is 0 Å². The SMILES string of the molecule is [Si][Si](Cl)[Si](Cl)Cl. The van der Waals surface area contributed by atoms with Gasteiger partial charge in [0.15, 0.2) is 7.14 Å². The zero-order valence-corrected chi connectivity index (χ0v) is 7.90. The van der Waals surface area contributed by atoms with Gasteiger partial charge in [-0.3, -0.25) is 0 Å². The van der Waals surface area contributed by atoms with Crippen LogP contribution in [0.5, 0.6) is 0 Å². The average Bonchev–Trinajstić information content (AvgIpc) is 1.36. The van der Waals surface area contributed by atoms with Crippen LogP contribution in [-0.4, -0.2) is 23.8 Å². The van der Waals surface area contributed by atoms with E-state index in [1.165, 1.54) is 0 Å². The van der Waals surface area contributed by atoms with E-state index in [-0.39, 0.29) is 0 Å². The maximum atomic E-state index is 5.41. The molecule has 0 N–H and O–H groups in total. The first kappa shape index (κ1) is 7.52. The van der Waals surface area contributed by atoms with E-state index in [1.54, 1.807) is 0 Å². The fraction of sp³-hybridized carbons (Fsp3) is 0. The van der Waals surface area contributed by atoms with Gasteiger partial charge in [-0.15, -0.1) is 22.2 Å². The van der Waals surface area contributed by atoms with Gasteiger partial charge >= 0.3 is 0 Å². The zero-order chi connectivity index (χ0) is 5.15. The summed E-state index contributed by atoms with van der Waals surface area (Å²) in [5, 5.41) is 0. The van der Waals surface area contributed by atoms with Crippen LogP contribution in [0.25, 0.3) is 0 Å². The van der Waals surface area contributed by atoms with Gasteiger partial charge in [0, 0.05) is 9.76 Å². The second-order valence-corrected chi connectivity index (χ2v) is 15.5. The molecule has 0 bridgehead atoms. The molecule has 0 heterocycles. The van der Waals surface area contributed by atoms with Crippen molar-refractivity contribution < 1.29 is 0 Å². The van der Waals surface area contributed by atoms with Gasteiger partial charge in [0.05, 0.1) is 0 Å². The Hall–Kier alpha value is 1.52. The fourth-order valence-corrected chi connectivity index (χ4v) is 0. The van der Waals surface area contributed by atoms with Crippen LogP contribution in [0.2, 0.25) is 0 Å². The van der Waals surface area contributed by atoms with E-state index in [0.29, 0.717) is 0 Å². The molecule has 0 atom stereocenters. The molecule has 0 amide bonds. The summed E-state index contributed by atoms with van der Waals surface area (Å²) < 4.78 is 0. The highest BCUT2D eigenvalue weighted by Crippen LogP contribution is 2.00. The molecule has 6 heteroatoms. The van der Waals surface area contributed by atoms with E-state index < -0.39 is 14.1 Å². The zero-order valence-electron chi connectivity index (χ0n) is 2.63. The summed E-state index contributed by atoms with van der Waals surface area (Å²) in [4.78, 5) is 0. The molecule has 0 aliphatic carbocycles. The van der Waals surface area contributed by atoms with Crippen molar-refractivity contribution in [1.82, 2.24) is 0 Å². The number of halogens is 3. The lowest BCUT2D eigenvalue weighted by molar-refractivity contribution is 3.78. The Morgan fingerprint density at radius 2 is 1.33 bits per heavy atom. The number of hydrogen-bond donors (Lipinski definition) is 0. The van der Waals surface area contributed by atoms with Crippen LogP contribution < -0.4 is 0 Å². The van der Waals surface area contributed by atoms with Crippen molar-refractivity contribution in [3.05, 3.63) is 0 Å². The van der Waals surface area contributed by atoms with Gasteiger partial charge in [0.2, 0.25) is 0 Å². The number of rotatable bonds is 1. The molecular formula is Cl3Si3. The fourth-order valence-electron chi connectivity index (χ4n) is 0. The minimum Gasteiger partial charge on any atom is -0.174 e. The van der Waals surface area contributed by atoms with Gasteiger partial charge in [-0.2, -0.15) is 11.1 Å². The predicted octanol–water partition coefficient (Wildman–Crippen LogP) is 0.926. The Balaban J connectivity index is 2.99. The molecule has 0 aliphatic heterocycles. The molecule has 0 rings (SSSR count). The molecule has 0 aromatic rings. The molecule has 5 radical (unpaired) electrons. The minimum absolute atomic E-state index is 1.04. The Morgan fingerprint density at radius 3 is 1.33 bits per heavy atom. The third-order valence-corrected chi connectivity index (χ3v) is 13.4. The molecule has 0 aliphatic rings. The maximum Gasteiger partial charge on any atom is 0.272 e. The molecular weight excluding hydrogens is 191 g/mol. The molecule has 0 saturated carbocycles. The first-order valence-corrected chi connectivity index (χ1v) is 9.60. The first-order valence-electron chi connectivity index (χ1n) is 1.07. The summed E-state index contributed by atoms with van der Waals surface area (Å²) in [7, 11) is 2.09. The van der Waals surface area contributed by atoms with Gasteiger partial charge in [-0.1, -0.05) is 0 Å². The van der Waals surface area contributed by atoms with Crippen molar-refractivity contribution in [2.24, 2.45) is 0 Å². The van der Waals surface area contributed by atoms with Crippen LogP contribution in [0.4, 0.5) is 0 Å². The lowest BCUT2D eigenvalue weighted by atomic mass is 26.6. The van der Waals surface area contributed by atoms with Gasteiger partial charge < -0.3 is 0 Å². The van der Waals surface area contributed by atoms with Crippen LogP contribution >= 0.6 is 33.2 Å². The van der Waals surface area contributed by atoms with E-state index >= 15 is 0 Å². The molecule has 6 heavy (non-hydrogen) atoms. The summed E-state index contributed by atoms with van der Waals surface area (Å²) >= 11 is 16.1. The van der Waals surface area contributed by atoms with E-state index in [0.717, 1.165) is 0 Å². The van der Waals surface area contributed by atoms with Crippen LogP contribution in [-0.2, 0) is 0 Å². The third-order valence-electron chi connectivity index (χ3n) is 0.166. The average molecular weight is 191 g/mol. The van der Waals surface area contributed by atoms with E-state index in [2.05, 4.69) is 9.76 Å². The topological polar surface area (TPSA) is 0 Å². The van der Waals surface area contributed by atoms with E-state index in [4.69, 9.17) is 33.2 Å². The minimum atomic E-state index is -1.23. The van der Waals surface area contributed by atoms with Crippen molar-refractivity contribution in [2.75, 3.05) is 0 Å².